The summed E-state index contributed by atoms with van der Waals surface area (Å²) in [6.45, 7) is 0.330. The lowest BCUT2D eigenvalue weighted by atomic mass is 10.2. The van der Waals surface area contributed by atoms with Gasteiger partial charge in [-0.15, -0.1) is 0 Å². The Balaban J connectivity index is 1.59. The monoisotopic (exact) mass is 558 g/mol. The van der Waals surface area contributed by atoms with Crippen molar-refractivity contribution in [2.45, 2.75) is 6.61 Å². The summed E-state index contributed by atoms with van der Waals surface area (Å²) >= 11 is 20.1. The molecule has 0 aliphatic rings. The lowest BCUT2D eigenvalue weighted by Gasteiger charge is -2.10. The molecule has 0 fully saturated rings. The van der Waals surface area contributed by atoms with E-state index in [0.29, 0.717) is 27.2 Å². The van der Waals surface area contributed by atoms with Gasteiger partial charge in [-0.05, 0) is 82.8 Å². The third kappa shape index (κ3) is 6.34. The van der Waals surface area contributed by atoms with Crippen molar-refractivity contribution in [2.24, 2.45) is 5.10 Å². The fourth-order valence-electron chi connectivity index (χ4n) is 2.34. The summed E-state index contributed by atoms with van der Waals surface area (Å²) in [7, 11) is 0. The molecule has 0 spiro atoms. The van der Waals surface area contributed by atoms with Gasteiger partial charge in [-0.1, -0.05) is 40.9 Å². The van der Waals surface area contributed by atoms with Gasteiger partial charge in [0.25, 0.3) is 5.91 Å². The molecule has 3 aromatic rings. The van der Waals surface area contributed by atoms with Crippen LogP contribution in [0.3, 0.4) is 0 Å². The third-order valence-electron chi connectivity index (χ3n) is 3.84. The molecule has 0 atom stereocenters. The fourth-order valence-corrected chi connectivity index (χ4v) is 3.62. The molecule has 8 heteroatoms. The van der Waals surface area contributed by atoms with E-state index in [0.717, 1.165) is 20.4 Å². The predicted octanol–water partition coefficient (Wildman–Crippen LogP) is 6.59. The molecular formula is C21H14Cl3IN2O2. The van der Waals surface area contributed by atoms with E-state index in [2.05, 4.69) is 33.1 Å². The van der Waals surface area contributed by atoms with Crippen LogP contribution in [0, 0.1) is 3.57 Å². The van der Waals surface area contributed by atoms with Gasteiger partial charge in [0.15, 0.2) is 0 Å². The van der Waals surface area contributed by atoms with Gasteiger partial charge in [0.2, 0.25) is 0 Å². The Kier molecular flexibility index (Phi) is 7.77. The number of nitrogens with zero attached hydrogens (tertiary/aromatic N) is 1. The summed E-state index contributed by atoms with van der Waals surface area (Å²) in [6.07, 6.45) is 1.57. The van der Waals surface area contributed by atoms with E-state index < -0.39 is 0 Å². The van der Waals surface area contributed by atoms with Gasteiger partial charge < -0.3 is 4.74 Å². The van der Waals surface area contributed by atoms with Crippen molar-refractivity contribution in [3.63, 3.8) is 0 Å². The molecule has 0 radical (unpaired) electrons. The van der Waals surface area contributed by atoms with Crippen LogP contribution in [0.1, 0.15) is 21.5 Å². The van der Waals surface area contributed by atoms with Gasteiger partial charge in [0.1, 0.15) is 12.4 Å². The van der Waals surface area contributed by atoms with Crippen LogP contribution in [0.2, 0.25) is 15.1 Å². The Morgan fingerprint density at radius 2 is 1.72 bits per heavy atom. The van der Waals surface area contributed by atoms with E-state index in [1.807, 2.05) is 24.3 Å². The zero-order chi connectivity index (χ0) is 20.8. The first-order valence-corrected chi connectivity index (χ1v) is 10.6. The van der Waals surface area contributed by atoms with Crippen LogP contribution >= 0.6 is 57.4 Å². The first-order valence-electron chi connectivity index (χ1n) is 8.37. The van der Waals surface area contributed by atoms with Gasteiger partial charge >= 0.3 is 0 Å². The number of carbonyl (C=O) groups excluding carboxylic acids is 1. The van der Waals surface area contributed by atoms with Crippen LogP contribution in [0.25, 0.3) is 0 Å². The highest BCUT2D eigenvalue weighted by Crippen LogP contribution is 2.25. The molecule has 0 aromatic heterocycles. The molecule has 0 saturated heterocycles. The van der Waals surface area contributed by atoms with Gasteiger partial charge in [0, 0.05) is 26.2 Å². The molecular weight excluding hydrogens is 546 g/mol. The summed E-state index contributed by atoms with van der Waals surface area (Å²) in [5, 5.41) is 5.71. The number of halogens is 4. The molecule has 0 bridgehead atoms. The number of nitrogens with one attached hydrogen (secondary N) is 1. The average Bonchev–Trinajstić information content (AvgIpc) is 2.69. The second kappa shape index (κ2) is 10.3. The summed E-state index contributed by atoms with van der Waals surface area (Å²) in [4.78, 5) is 12.0. The lowest BCUT2D eigenvalue weighted by molar-refractivity contribution is 0.0955. The quantitative estimate of drug-likeness (QED) is 0.210. The number of ether oxygens (including phenoxy) is 1. The summed E-state index contributed by atoms with van der Waals surface area (Å²) < 4.78 is 6.75. The Hall–Kier alpha value is -1.80. The second-order valence-corrected chi connectivity index (χ2v) is 8.36. The SMILES string of the molecule is O=C(N/N=C\c1ccc(OCc2ccc(Cl)cc2Cl)c(I)c1)c1ccc(Cl)cc1. The van der Waals surface area contributed by atoms with Crippen LogP contribution in [0.5, 0.6) is 5.75 Å². The zero-order valence-corrected chi connectivity index (χ0v) is 19.3. The first kappa shape index (κ1) is 21.9. The molecule has 148 valence electrons. The van der Waals surface area contributed by atoms with Crippen LogP contribution in [-0.4, -0.2) is 12.1 Å². The molecule has 0 heterocycles. The summed E-state index contributed by atoms with van der Waals surface area (Å²) in [6, 6.07) is 17.5. The van der Waals surface area contributed by atoms with E-state index in [1.165, 1.54) is 0 Å². The summed E-state index contributed by atoms with van der Waals surface area (Å²) in [5.41, 5.74) is 4.64. The van der Waals surface area contributed by atoms with Crippen LogP contribution in [-0.2, 0) is 6.61 Å². The maximum atomic E-state index is 12.0. The number of rotatable bonds is 6. The van der Waals surface area contributed by atoms with E-state index in [1.54, 1.807) is 42.6 Å². The largest absolute Gasteiger partial charge is 0.488 e. The molecule has 1 N–H and O–H groups in total. The van der Waals surface area contributed by atoms with Crippen molar-refractivity contribution in [1.29, 1.82) is 0 Å². The minimum Gasteiger partial charge on any atom is -0.488 e. The van der Waals surface area contributed by atoms with E-state index in [4.69, 9.17) is 39.5 Å². The molecule has 0 saturated carbocycles. The molecule has 29 heavy (non-hydrogen) atoms. The van der Waals surface area contributed by atoms with Crippen LogP contribution in [0.4, 0.5) is 0 Å². The van der Waals surface area contributed by atoms with Gasteiger partial charge in [-0.25, -0.2) is 5.43 Å². The first-order chi connectivity index (χ1) is 13.9. The Morgan fingerprint density at radius 3 is 2.41 bits per heavy atom. The van der Waals surface area contributed by atoms with E-state index >= 15 is 0 Å². The molecule has 3 aromatic carbocycles. The predicted molar refractivity (Wildman–Crippen MR) is 126 cm³/mol. The smallest absolute Gasteiger partial charge is 0.271 e. The minimum absolute atomic E-state index is 0.313. The molecule has 4 nitrogen and oxygen atoms in total. The Morgan fingerprint density at radius 1 is 1.00 bits per heavy atom. The highest BCUT2D eigenvalue weighted by molar-refractivity contribution is 14.1. The van der Waals surface area contributed by atoms with Crippen molar-refractivity contribution >= 4 is 69.5 Å². The molecule has 0 aliphatic carbocycles. The normalized spacial score (nSPS) is 10.9. The maximum Gasteiger partial charge on any atom is 0.271 e. The Bertz CT molecular complexity index is 1060. The Labute approximate surface area is 197 Å². The highest BCUT2D eigenvalue weighted by Gasteiger charge is 2.06. The zero-order valence-electron chi connectivity index (χ0n) is 14.8. The summed E-state index contributed by atoms with van der Waals surface area (Å²) in [5.74, 6) is 0.409. The van der Waals surface area contributed by atoms with Crippen molar-refractivity contribution in [2.75, 3.05) is 0 Å². The van der Waals surface area contributed by atoms with Crippen molar-refractivity contribution < 1.29 is 9.53 Å². The topological polar surface area (TPSA) is 50.7 Å². The standard InChI is InChI=1S/C21H14Cl3IN2O2/c22-16-5-2-14(3-6-16)21(28)27-26-11-13-1-8-20(19(25)9-13)29-12-15-4-7-17(23)10-18(15)24/h1-11H,12H2,(H,27,28)/b26-11-. The minimum atomic E-state index is -0.313. The third-order valence-corrected chi connectivity index (χ3v) is 5.52. The van der Waals surface area contributed by atoms with Crippen molar-refractivity contribution in [3.8, 4) is 5.75 Å². The second-order valence-electron chi connectivity index (χ2n) is 5.92. The van der Waals surface area contributed by atoms with Gasteiger partial charge in [-0.3, -0.25) is 4.79 Å². The number of carbonyl (C=O) groups is 1. The number of hydrogen-bond acceptors (Lipinski definition) is 3. The number of hydrazone groups is 1. The van der Waals surface area contributed by atoms with E-state index in [-0.39, 0.29) is 5.91 Å². The maximum absolute atomic E-state index is 12.0. The number of amides is 1. The molecule has 0 aliphatic heterocycles. The lowest BCUT2D eigenvalue weighted by Crippen LogP contribution is -2.17. The van der Waals surface area contributed by atoms with Gasteiger partial charge in [-0.2, -0.15) is 5.10 Å². The molecule has 0 unspecified atom stereocenters. The van der Waals surface area contributed by atoms with Crippen LogP contribution in [0.15, 0.2) is 65.8 Å². The van der Waals surface area contributed by atoms with Crippen LogP contribution < -0.4 is 10.2 Å². The average molecular weight is 560 g/mol. The number of benzene rings is 3. The van der Waals surface area contributed by atoms with Crippen molar-refractivity contribution in [3.05, 3.63) is 96.0 Å². The number of hydrogen-bond donors (Lipinski definition) is 1. The molecule has 1 amide bonds. The molecule has 3 rings (SSSR count). The highest BCUT2D eigenvalue weighted by atomic mass is 127. The van der Waals surface area contributed by atoms with Gasteiger partial charge in [0.05, 0.1) is 9.78 Å². The van der Waals surface area contributed by atoms with E-state index in [9.17, 15) is 4.79 Å². The van der Waals surface area contributed by atoms with Crippen molar-refractivity contribution in [1.82, 2.24) is 5.43 Å². The fraction of sp³-hybridized carbons (Fsp3) is 0.0476.